The molecule has 0 saturated heterocycles. The molecule has 29 heavy (non-hydrogen) atoms. The number of benzene rings is 2. The van der Waals surface area contributed by atoms with Crippen LogP contribution >= 0.6 is 0 Å². The van der Waals surface area contributed by atoms with E-state index in [9.17, 15) is 19.3 Å². The van der Waals surface area contributed by atoms with Crippen molar-refractivity contribution in [3.05, 3.63) is 63.5 Å². The zero-order valence-corrected chi connectivity index (χ0v) is 16.4. The van der Waals surface area contributed by atoms with E-state index in [1.807, 2.05) is 0 Å². The van der Waals surface area contributed by atoms with Crippen LogP contribution in [0.4, 0.5) is 10.1 Å². The lowest BCUT2D eigenvalue weighted by Gasteiger charge is -2.05. The first-order valence-electron chi connectivity index (χ1n) is 9.63. The number of aryl methyl sites for hydroxylation is 1. The van der Waals surface area contributed by atoms with Crippen LogP contribution in [-0.2, 0) is 11.2 Å². The van der Waals surface area contributed by atoms with Crippen molar-refractivity contribution in [2.75, 3.05) is 6.61 Å². The van der Waals surface area contributed by atoms with Gasteiger partial charge < -0.3 is 9.15 Å². The fourth-order valence-electron chi connectivity index (χ4n) is 3.32. The fraction of sp³-hybridized carbons (Fsp3) is 0.318. The topological polar surface area (TPSA) is 82.6 Å². The molecule has 6 nitrogen and oxygen atoms in total. The molecule has 0 amide bonds. The quantitative estimate of drug-likeness (QED) is 0.199. The minimum Gasteiger partial charge on any atom is -0.462 e. The van der Waals surface area contributed by atoms with Crippen LogP contribution in [0, 0.1) is 15.9 Å². The van der Waals surface area contributed by atoms with E-state index < -0.39 is 16.7 Å². The molecule has 1 heterocycles. The Kier molecular flexibility index (Phi) is 6.26. The number of nitrogens with zero attached hydrogens (tertiary/aromatic N) is 1. The number of esters is 1. The lowest BCUT2D eigenvalue weighted by molar-refractivity contribution is -0.385. The summed E-state index contributed by atoms with van der Waals surface area (Å²) >= 11 is 0. The number of hydrogen-bond acceptors (Lipinski definition) is 5. The standard InChI is InChI=1S/C22H22FNO5/c1-3-5-6-7-15-12-17-19(13-18(15)24(26)27)29-21(20(17)22(25)28-4-2)14-8-10-16(23)11-9-14/h8-13H,3-7H2,1-2H3. The highest BCUT2D eigenvalue weighted by molar-refractivity contribution is 6.09. The van der Waals surface area contributed by atoms with Crippen LogP contribution in [0.2, 0.25) is 0 Å². The van der Waals surface area contributed by atoms with Crippen molar-refractivity contribution in [2.24, 2.45) is 0 Å². The van der Waals surface area contributed by atoms with E-state index in [1.54, 1.807) is 13.0 Å². The molecule has 0 atom stereocenters. The molecule has 0 aliphatic carbocycles. The van der Waals surface area contributed by atoms with Crippen molar-refractivity contribution in [2.45, 2.75) is 39.5 Å². The third-order valence-electron chi connectivity index (χ3n) is 4.72. The van der Waals surface area contributed by atoms with Gasteiger partial charge in [0.2, 0.25) is 0 Å². The van der Waals surface area contributed by atoms with Crippen molar-refractivity contribution >= 4 is 22.6 Å². The van der Waals surface area contributed by atoms with E-state index >= 15 is 0 Å². The number of nitro groups is 1. The first kappa shape index (κ1) is 20.5. The Morgan fingerprint density at radius 3 is 2.52 bits per heavy atom. The molecule has 152 valence electrons. The average molecular weight is 399 g/mol. The van der Waals surface area contributed by atoms with Gasteiger partial charge in [-0.05, 0) is 50.1 Å². The Morgan fingerprint density at radius 2 is 1.90 bits per heavy atom. The Morgan fingerprint density at radius 1 is 1.17 bits per heavy atom. The van der Waals surface area contributed by atoms with Gasteiger partial charge in [-0.1, -0.05) is 19.8 Å². The fourth-order valence-corrected chi connectivity index (χ4v) is 3.32. The van der Waals surface area contributed by atoms with Gasteiger partial charge in [-0.2, -0.15) is 0 Å². The molecule has 7 heteroatoms. The van der Waals surface area contributed by atoms with Gasteiger partial charge in [0.1, 0.15) is 22.7 Å². The van der Waals surface area contributed by atoms with Crippen LogP contribution < -0.4 is 0 Å². The van der Waals surface area contributed by atoms with Gasteiger partial charge in [-0.3, -0.25) is 10.1 Å². The van der Waals surface area contributed by atoms with E-state index in [2.05, 4.69) is 6.92 Å². The van der Waals surface area contributed by atoms with Crippen molar-refractivity contribution in [3.8, 4) is 11.3 Å². The highest BCUT2D eigenvalue weighted by atomic mass is 19.1. The summed E-state index contributed by atoms with van der Waals surface area (Å²) in [7, 11) is 0. The molecular formula is C22H22FNO5. The Hall–Kier alpha value is -3.22. The first-order chi connectivity index (χ1) is 14.0. The third-order valence-corrected chi connectivity index (χ3v) is 4.72. The summed E-state index contributed by atoms with van der Waals surface area (Å²) < 4.78 is 24.4. The molecule has 1 aromatic heterocycles. The lowest BCUT2D eigenvalue weighted by Crippen LogP contribution is -2.05. The molecule has 3 aromatic rings. The largest absolute Gasteiger partial charge is 0.462 e. The molecule has 0 N–H and O–H groups in total. The predicted octanol–water partition coefficient (Wildman–Crippen LogP) is 6.06. The number of furan rings is 1. The van der Waals surface area contributed by atoms with Gasteiger partial charge in [0.05, 0.1) is 17.6 Å². The summed E-state index contributed by atoms with van der Waals surface area (Å²) in [4.78, 5) is 23.8. The summed E-state index contributed by atoms with van der Waals surface area (Å²) in [5.74, 6) is -0.797. The Balaban J connectivity index is 2.22. The maximum atomic E-state index is 13.3. The number of hydrogen-bond donors (Lipinski definition) is 0. The molecule has 0 spiro atoms. The SMILES string of the molecule is CCCCCc1cc2c(C(=O)OCC)c(-c3ccc(F)cc3)oc2cc1[N+](=O)[O-]. The van der Waals surface area contributed by atoms with Gasteiger partial charge >= 0.3 is 5.97 Å². The number of rotatable bonds is 8. The predicted molar refractivity (Wildman–Crippen MR) is 107 cm³/mol. The van der Waals surface area contributed by atoms with Crippen LogP contribution in [0.25, 0.3) is 22.3 Å². The van der Waals surface area contributed by atoms with E-state index in [0.29, 0.717) is 22.9 Å². The Labute approximate surface area is 167 Å². The summed E-state index contributed by atoms with van der Waals surface area (Å²) in [6, 6.07) is 8.50. The second kappa shape index (κ2) is 8.86. The molecule has 0 saturated carbocycles. The van der Waals surface area contributed by atoms with Crippen molar-refractivity contribution < 1.29 is 23.3 Å². The molecule has 0 aliphatic rings. The van der Waals surface area contributed by atoms with Crippen LogP contribution in [-0.4, -0.2) is 17.5 Å². The maximum absolute atomic E-state index is 13.3. The summed E-state index contributed by atoms with van der Waals surface area (Å²) in [6.45, 7) is 3.92. The number of nitro benzene ring substituents is 1. The van der Waals surface area contributed by atoms with Gasteiger partial charge in [0.15, 0.2) is 0 Å². The number of ether oxygens (including phenoxy) is 1. The highest BCUT2D eigenvalue weighted by Crippen LogP contribution is 2.38. The number of carbonyl (C=O) groups is 1. The van der Waals surface area contributed by atoms with E-state index in [4.69, 9.17) is 9.15 Å². The zero-order valence-electron chi connectivity index (χ0n) is 16.4. The number of unbranched alkanes of at least 4 members (excludes halogenated alkanes) is 2. The molecule has 0 unspecified atom stereocenters. The van der Waals surface area contributed by atoms with Crippen molar-refractivity contribution in [3.63, 3.8) is 0 Å². The lowest BCUT2D eigenvalue weighted by atomic mass is 10.00. The average Bonchev–Trinajstić information content (AvgIpc) is 3.06. The van der Waals surface area contributed by atoms with E-state index in [1.165, 1.54) is 30.3 Å². The first-order valence-corrected chi connectivity index (χ1v) is 9.63. The van der Waals surface area contributed by atoms with Gasteiger partial charge in [0, 0.05) is 16.5 Å². The van der Waals surface area contributed by atoms with Gasteiger partial charge in [0.25, 0.3) is 5.69 Å². The van der Waals surface area contributed by atoms with Gasteiger partial charge in [-0.25, -0.2) is 9.18 Å². The molecule has 3 rings (SSSR count). The third kappa shape index (κ3) is 4.29. The van der Waals surface area contributed by atoms with Crippen molar-refractivity contribution in [1.29, 1.82) is 0 Å². The van der Waals surface area contributed by atoms with Crippen LogP contribution in [0.3, 0.4) is 0 Å². The minimum atomic E-state index is -0.584. The highest BCUT2D eigenvalue weighted by Gasteiger charge is 2.26. The van der Waals surface area contributed by atoms with Gasteiger partial charge in [-0.15, -0.1) is 0 Å². The molecule has 0 radical (unpaired) electrons. The van der Waals surface area contributed by atoms with Crippen LogP contribution in [0.5, 0.6) is 0 Å². The Bertz CT molecular complexity index is 1040. The number of fused-ring (bicyclic) bond motifs is 1. The molecule has 2 aromatic carbocycles. The number of carbonyl (C=O) groups excluding carboxylic acids is 1. The van der Waals surface area contributed by atoms with E-state index in [0.717, 1.165) is 19.3 Å². The second-order valence-corrected chi connectivity index (χ2v) is 6.72. The smallest absolute Gasteiger partial charge is 0.342 e. The number of halogens is 1. The van der Waals surface area contributed by atoms with Crippen LogP contribution in [0.15, 0.2) is 40.8 Å². The second-order valence-electron chi connectivity index (χ2n) is 6.72. The minimum absolute atomic E-state index is 0.0385. The summed E-state index contributed by atoms with van der Waals surface area (Å²) in [5, 5.41) is 12.0. The zero-order chi connectivity index (χ0) is 21.0. The molecule has 0 bridgehead atoms. The summed E-state index contributed by atoms with van der Waals surface area (Å²) in [6.07, 6.45) is 3.27. The molecule has 0 fully saturated rings. The van der Waals surface area contributed by atoms with E-state index in [-0.39, 0.29) is 29.2 Å². The normalized spacial score (nSPS) is 11.0. The monoisotopic (exact) mass is 399 g/mol. The van der Waals surface area contributed by atoms with Crippen molar-refractivity contribution in [1.82, 2.24) is 0 Å². The molecule has 0 aliphatic heterocycles. The van der Waals surface area contributed by atoms with Crippen LogP contribution in [0.1, 0.15) is 49.0 Å². The summed E-state index contributed by atoms with van der Waals surface area (Å²) in [5.41, 5.74) is 1.41. The maximum Gasteiger partial charge on any atom is 0.342 e. The molecular weight excluding hydrogens is 377 g/mol.